The van der Waals surface area contributed by atoms with E-state index in [0.717, 1.165) is 11.8 Å². The third kappa shape index (κ3) is 3.51. The Balaban J connectivity index is 2.66. The van der Waals surface area contributed by atoms with Crippen molar-refractivity contribution in [3.63, 3.8) is 0 Å². The summed E-state index contributed by atoms with van der Waals surface area (Å²) in [5, 5.41) is 18.4. The van der Waals surface area contributed by atoms with Gasteiger partial charge in [-0.2, -0.15) is 0 Å². The molecule has 6 nitrogen and oxygen atoms in total. The van der Waals surface area contributed by atoms with E-state index in [4.69, 9.17) is 5.21 Å². The first-order chi connectivity index (χ1) is 10.5. The average Bonchev–Trinajstić information content (AvgIpc) is 2.83. The van der Waals surface area contributed by atoms with Gasteiger partial charge in [0.25, 0.3) is 0 Å². The van der Waals surface area contributed by atoms with Crippen molar-refractivity contribution in [3.8, 4) is 0 Å². The Kier molecular flexibility index (Phi) is 5.26. The van der Waals surface area contributed by atoms with Gasteiger partial charge in [-0.25, -0.2) is 15.3 Å². The third-order valence-electron chi connectivity index (χ3n) is 2.83. The topological polar surface area (TPSA) is 99.0 Å². The number of hydrogen-bond donors (Lipinski definition) is 3. The zero-order valence-electron chi connectivity index (χ0n) is 11.7. The summed E-state index contributed by atoms with van der Waals surface area (Å²) in [5.41, 5.74) is 3.20. The first-order valence-electron chi connectivity index (χ1n) is 6.42. The van der Waals surface area contributed by atoms with Gasteiger partial charge >= 0.3 is 5.97 Å². The van der Waals surface area contributed by atoms with Crippen LogP contribution in [0.5, 0.6) is 0 Å². The van der Waals surface area contributed by atoms with E-state index in [9.17, 15) is 14.7 Å². The van der Waals surface area contributed by atoms with Crippen molar-refractivity contribution in [2.75, 3.05) is 6.54 Å². The van der Waals surface area contributed by atoms with Crippen LogP contribution in [0.1, 0.15) is 12.5 Å². The Labute approximate surface area is 131 Å². The molecule has 7 heteroatoms. The molecule has 0 saturated heterocycles. The van der Waals surface area contributed by atoms with Crippen LogP contribution in [0.2, 0.25) is 0 Å². The number of rotatable bonds is 4. The molecule has 1 heterocycles. The normalized spacial score (nSPS) is 18.3. The van der Waals surface area contributed by atoms with E-state index in [2.05, 4.69) is 4.99 Å². The number of carboxylic acid groups (broad SMARTS) is 1. The lowest BCUT2D eigenvalue weighted by Gasteiger charge is -2.05. The molecule has 1 aromatic carbocycles. The van der Waals surface area contributed by atoms with Gasteiger partial charge in [-0.05, 0) is 5.56 Å². The summed E-state index contributed by atoms with van der Waals surface area (Å²) >= 11 is 1.10. The predicted octanol–water partition coefficient (Wildman–Crippen LogP) is 2.08. The van der Waals surface area contributed by atoms with Crippen LogP contribution in [-0.4, -0.2) is 33.8 Å². The number of allylic oxidation sites excluding steroid dienone is 1. The molecule has 0 unspecified atom stereocenters. The fourth-order valence-electron chi connectivity index (χ4n) is 2.03. The van der Waals surface area contributed by atoms with Gasteiger partial charge in [0, 0.05) is 23.9 Å². The largest absolute Gasteiger partial charge is 0.478 e. The lowest BCUT2D eigenvalue weighted by atomic mass is 9.99. The maximum Gasteiger partial charge on any atom is 0.339 e. The highest BCUT2D eigenvalue weighted by Gasteiger charge is 2.32. The van der Waals surface area contributed by atoms with Gasteiger partial charge in [0.2, 0.25) is 5.91 Å². The predicted molar refractivity (Wildman–Crippen MR) is 84.6 cm³/mol. The SMILES string of the molecule is CC(=O)N=C1S/C(=C/CNO)C(c2ccccc2)=C1C(=O)O. The summed E-state index contributed by atoms with van der Waals surface area (Å²) in [4.78, 5) is 27.3. The van der Waals surface area contributed by atoms with Crippen LogP contribution in [-0.2, 0) is 9.59 Å². The van der Waals surface area contributed by atoms with E-state index in [-0.39, 0.29) is 17.2 Å². The maximum atomic E-state index is 11.6. The van der Waals surface area contributed by atoms with Crippen molar-refractivity contribution in [2.45, 2.75) is 6.92 Å². The van der Waals surface area contributed by atoms with E-state index in [1.54, 1.807) is 30.3 Å². The number of thioether (sulfide) groups is 1. The van der Waals surface area contributed by atoms with E-state index >= 15 is 0 Å². The first kappa shape index (κ1) is 16.2. The van der Waals surface area contributed by atoms with Crippen molar-refractivity contribution in [1.82, 2.24) is 5.48 Å². The van der Waals surface area contributed by atoms with Crippen molar-refractivity contribution in [3.05, 3.63) is 52.4 Å². The second-order valence-electron chi connectivity index (χ2n) is 4.39. The van der Waals surface area contributed by atoms with Gasteiger partial charge in [0.15, 0.2) is 0 Å². The number of nitrogens with one attached hydrogen (secondary N) is 1. The Morgan fingerprint density at radius 2 is 2.00 bits per heavy atom. The quantitative estimate of drug-likeness (QED) is 0.735. The highest BCUT2D eigenvalue weighted by molar-refractivity contribution is 8.18. The molecule has 0 spiro atoms. The number of nitrogens with zero attached hydrogens (tertiary/aromatic N) is 1. The fourth-order valence-corrected chi connectivity index (χ4v) is 3.19. The molecule has 0 radical (unpaired) electrons. The van der Waals surface area contributed by atoms with Crippen LogP contribution in [0.3, 0.4) is 0 Å². The van der Waals surface area contributed by atoms with Crippen molar-refractivity contribution in [1.29, 1.82) is 0 Å². The van der Waals surface area contributed by atoms with Crippen molar-refractivity contribution in [2.24, 2.45) is 4.99 Å². The van der Waals surface area contributed by atoms with Crippen LogP contribution >= 0.6 is 11.8 Å². The number of amides is 1. The summed E-state index contributed by atoms with van der Waals surface area (Å²) in [5.74, 6) is -1.61. The minimum atomic E-state index is -1.15. The molecule has 1 aliphatic rings. The number of hydroxylamine groups is 1. The third-order valence-corrected chi connectivity index (χ3v) is 3.91. The molecule has 2 rings (SSSR count). The van der Waals surface area contributed by atoms with Crippen LogP contribution in [0.4, 0.5) is 0 Å². The van der Waals surface area contributed by atoms with E-state index < -0.39 is 11.9 Å². The number of benzene rings is 1. The Bertz CT molecular complexity index is 693. The molecule has 0 fully saturated rings. The Hall–Kier alpha value is -2.22. The number of hydrogen-bond acceptors (Lipinski definition) is 5. The fraction of sp³-hybridized carbons (Fsp3) is 0.133. The molecule has 114 valence electrons. The van der Waals surface area contributed by atoms with Gasteiger partial charge in [0.05, 0.1) is 0 Å². The first-order valence-corrected chi connectivity index (χ1v) is 7.24. The summed E-state index contributed by atoms with van der Waals surface area (Å²) in [6, 6.07) is 9.00. The lowest BCUT2D eigenvalue weighted by molar-refractivity contribution is -0.131. The number of carbonyl (C=O) groups excluding carboxylic acids is 1. The average molecular weight is 318 g/mol. The molecule has 1 aromatic rings. The molecule has 0 atom stereocenters. The minimum absolute atomic E-state index is 0.00408. The van der Waals surface area contributed by atoms with Gasteiger partial charge in [0.1, 0.15) is 10.6 Å². The van der Waals surface area contributed by atoms with E-state index in [0.29, 0.717) is 16.0 Å². The highest BCUT2D eigenvalue weighted by Crippen LogP contribution is 2.44. The second kappa shape index (κ2) is 7.17. The van der Waals surface area contributed by atoms with Crippen LogP contribution < -0.4 is 5.48 Å². The Morgan fingerprint density at radius 3 is 2.55 bits per heavy atom. The van der Waals surface area contributed by atoms with Gasteiger partial charge in [-0.1, -0.05) is 48.2 Å². The number of aliphatic imine (C=N–C) groups is 1. The lowest BCUT2D eigenvalue weighted by Crippen LogP contribution is -2.09. The smallest absolute Gasteiger partial charge is 0.339 e. The van der Waals surface area contributed by atoms with Crippen LogP contribution in [0.15, 0.2) is 51.9 Å². The monoisotopic (exact) mass is 318 g/mol. The molecule has 0 aromatic heterocycles. The molecular weight excluding hydrogens is 304 g/mol. The molecule has 1 amide bonds. The van der Waals surface area contributed by atoms with Gasteiger partial charge in [-0.3, -0.25) is 4.79 Å². The standard InChI is InChI=1S/C15H14N2O4S/c1-9(18)17-14-13(15(19)20)12(10-5-3-2-4-6-10)11(22-14)7-8-16-21/h2-7,16,21H,8H2,1H3,(H,19,20)/b11-7+,17-14?. The number of carbonyl (C=O) groups is 2. The molecule has 0 aliphatic carbocycles. The van der Waals surface area contributed by atoms with E-state index in [1.165, 1.54) is 6.92 Å². The summed E-state index contributed by atoms with van der Waals surface area (Å²) < 4.78 is 0. The molecule has 1 aliphatic heterocycles. The molecule has 0 bridgehead atoms. The maximum absolute atomic E-state index is 11.6. The molecule has 0 saturated carbocycles. The summed E-state index contributed by atoms with van der Waals surface area (Å²) in [6.07, 6.45) is 1.65. The molecule has 22 heavy (non-hydrogen) atoms. The molecule has 3 N–H and O–H groups in total. The van der Waals surface area contributed by atoms with Crippen LogP contribution in [0.25, 0.3) is 5.57 Å². The minimum Gasteiger partial charge on any atom is -0.478 e. The summed E-state index contributed by atoms with van der Waals surface area (Å²) in [7, 11) is 0. The second-order valence-corrected chi connectivity index (χ2v) is 5.42. The van der Waals surface area contributed by atoms with Crippen molar-refractivity contribution < 1.29 is 19.9 Å². The van der Waals surface area contributed by atoms with Gasteiger partial charge < -0.3 is 10.3 Å². The number of aliphatic carboxylic acids is 1. The van der Waals surface area contributed by atoms with Gasteiger partial charge in [-0.15, -0.1) is 0 Å². The highest BCUT2D eigenvalue weighted by atomic mass is 32.2. The zero-order chi connectivity index (χ0) is 16.1. The zero-order valence-corrected chi connectivity index (χ0v) is 12.6. The van der Waals surface area contributed by atoms with E-state index in [1.807, 2.05) is 11.5 Å². The Morgan fingerprint density at radius 1 is 1.32 bits per heavy atom. The molecular formula is C15H14N2O4S. The number of carboxylic acids is 1. The van der Waals surface area contributed by atoms with Crippen molar-refractivity contribution >= 4 is 34.3 Å². The summed E-state index contributed by atoms with van der Waals surface area (Å²) in [6.45, 7) is 1.42. The van der Waals surface area contributed by atoms with Crippen LogP contribution in [0, 0.1) is 0 Å².